The Balaban J connectivity index is 1.11. The average molecular weight is 1070 g/mol. The number of aromatic nitrogens is 2. The van der Waals surface area contributed by atoms with E-state index in [1.807, 2.05) is 81.9 Å². The second-order valence-corrected chi connectivity index (χ2v) is 23.6. The smallest absolute Gasteiger partial charge is 0.194 e. The summed E-state index contributed by atoms with van der Waals surface area (Å²) in [5, 5.41) is 9.55. The van der Waals surface area contributed by atoms with Crippen molar-refractivity contribution in [2.75, 3.05) is 41.9 Å². The maximum atomic E-state index is 17.6. The lowest BCUT2D eigenvalue weighted by atomic mass is 9.54. The van der Waals surface area contributed by atoms with Crippen molar-refractivity contribution in [3.63, 3.8) is 0 Å². The van der Waals surface area contributed by atoms with E-state index < -0.39 is 34.3 Å². The average Bonchev–Trinajstić information content (AvgIpc) is 4.03. The second-order valence-electron chi connectivity index (χ2n) is 22.7. The number of carbonyl (C=O) groups excluding carboxylic acids is 1. The Bertz CT molecular complexity index is 2890. The number of likely N-dealkylation sites (tertiary alicyclic amines) is 2. The van der Waals surface area contributed by atoms with Gasteiger partial charge in [-0.2, -0.15) is 0 Å². The Labute approximate surface area is 451 Å². The lowest BCUT2D eigenvalue weighted by Crippen LogP contribution is -2.74. The number of likely N-dealkylation sites (N-methyl/N-ethyl adjacent to an activating group) is 2. The molecule has 5 aromatic rings. The Morgan fingerprint density at radius 1 is 0.827 bits per heavy atom. The van der Waals surface area contributed by atoms with E-state index in [0.717, 1.165) is 35.1 Å². The van der Waals surface area contributed by atoms with Gasteiger partial charge in [0.1, 0.15) is 17.3 Å². The molecule has 13 atom stereocenters. The standard InChI is InChI=1S/C59H73Cl2F3N8O3/c1-11-58-50-26-40(25-38-17-23-45(62)53(64)52(38)63)55(58)69(7)34(3)33(2)66-49-28-43(24-36-12-18-41(60)19-13-36)70(8)56-46(32-74-10)67-54(59(49,56)57(58)73)35(4)72(50)30-39-14-20-42(61)27-48(39)75-44-21-15-37(16-22-44)47-29-65-51(71(47)9)31-68(5)6/h12-23,27,29,33-35,40,43,46,49-50,54-56,66-67H,11,24-26,28,30-32H2,1-10H3/t33-,34-,35-,40+,43-,46+,49?,50?,54?,55?,56?,58?,59?/m0/s1. The molecule has 402 valence electrons. The van der Waals surface area contributed by atoms with Gasteiger partial charge >= 0.3 is 0 Å². The maximum Gasteiger partial charge on any atom is 0.194 e. The van der Waals surface area contributed by atoms with Crippen molar-refractivity contribution in [3.05, 3.63) is 135 Å². The van der Waals surface area contributed by atoms with Gasteiger partial charge in [-0.15, -0.1) is 0 Å². The van der Waals surface area contributed by atoms with E-state index in [-0.39, 0.29) is 78.1 Å². The minimum atomic E-state index is -1.48. The molecule has 4 saturated heterocycles. The number of rotatable bonds is 14. The fourth-order valence-electron chi connectivity index (χ4n) is 15.1. The number of piperidine rings is 1. The van der Waals surface area contributed by atoms with E-state index in [2.05, 4.69) is 93.7 Å². The van der Waals surface area contributed by atoms with Crippen LogP contribution in [0.5, 0.6) is 11.5 Å². The molecule has 1 spiro atoms. The number of Topliss-reactive ketones (excluding diaryl/α,β-unsaturated/α-hetero) is 1. The normalized spacial score (nSPS) is 32.1. The molecule has 2 N–H and O–H groups in total. The van der Waals surface area contributed by atoms with E-state index in [1.54, 1.807) is 7.11 Å². The number of ketones is 1. The van der Waals surface area contributed by atoms with Crippen molar-refractivity contribution in [2.24, 2.45) is 23.8 Å². The lowest BCUT2D eigenvalue weighted by molar-refractivity contribution is -0.154. The van der Waals surface area contributed by atoms with Gasteiger partial charge in [-0.25, -0.2) is 18.2 Å². The SMILES string of the molecule is CCC12C(=O)C34C5C[C@H](Cc6ccc(Cl)cc6)N(C)C3[C@@H](COC)NC4[C@H](C)N(Cc3ccc(Cl)cc3Oc3ccc(-c4cnc(CN(C)C)n4C)cc3)C1C[C@@H](Cc1ccc(F)c(F)c1F)C2N(C)[C@@H](C)[C@H](C)N5. The van der Waals surface area contributed by atoms with Gasteiger partial charge in [0.05, 0.1) is 35.9 Å². The summed E-state index contributed by atoms with van der Waals surface area (Å²) >= 11 is 13.2. The summed E-state index contributed by atoms with van der Waals surface area (Å²) in [6.45, 7) is 10.3. The van der Waals surface area contributed by atoms with Gasteiger partial charge in [0.15, 0.2) is 23.2 Å². The zero-order valence-corrected chi connectivity index (χ0v) is 46.4. The molecule has 75 heavy (non-hydrogen) atoms. The first-order valence-electron chi connectivity index (χ1n) is 26.7. The third-order valence-electron chi connectivity index (χ3n) is 18.7. The Hall–Kier alpha value is -4.35. The number of methoxy groups -OCH3 is 1. The molecule has 5 aliphatic rings. The van der Waals surface area contributed by atoms with Crippen LogP contribution < -0.4 is 15.4 Å². The molecule has 7 unspecified atom stereocenters. The van der Waals surface area contributed by atoms with Crippen LogP contribution in [-0.4, -0.2) is 137 Å². The molecule has 0 radical (unpaired) electrons. The molecule has 4 aliphatic heterocycles. The summed E-state index contributed by atoms with van der Waals surface area (Å²) in [7, 11) is 12.1. The van der Waals surface area contributed by atoms with Crippen LogP contribution in [0.1, 0.15) is 69.5 Å². The second kappa shape index (κ2) is 21.1. The number of halogens is 5. The molecule has 11 nitrogen and oxygen atoms in total. The first-order valence-corrected chi connectivity index (χ1v) is 27.4. The van der Waals surface area contributed by atoms with Crippen LogP contribution in [0, 0.1) is 34.2 Å². The van der Waals surface area contributed by atoms with Crippen molar-refractivity contribution in [3.8, 4) is 22.8 Å². The van der Waals surface area contributed by atoms with Crippen LogP contribution in [0.15, 0.2) is 85.1 Å². The number of nitrogens with one attached hydrogen (secondary N) is 2. The summed E-state index contributed by atoms with van der Waals surface area (Å²) in [6.07, 6.45) is 4.49. The van der Waals surface area contributed by atoms with Gasteiger partial charge in [0.25, 0.3) is 0 Å². The topological polar surface area (TPSA) is 90.4 Å². The van der Waals surface area contributed by atoms with Gasteiger partial charge in [-0.1, -0.05) is 54.4 Å². The number of ether oxygens (including phenoxy) is 2. The molecule has 10 rings (SSSR count). The Morgan fingerprint density at radius 2 is 1.53 bits per heavy atom. The maximum absolute atomic E-state index is 17.6. The molecular formula is C59H73Cl2F3N8O3. The lowest BCUT2D eigenvalue weighted by Gasteiger charge is -2.57. The van der Waals surface area contributed by atoms with Crippen LogP contribution in [-0.2, 0) is 42.5 Å². The van der Waals surface area contributed by atoms with Crippen molar-refractivity contribution < 1.29 is 27.4 Å². The van der Waals surface area contributed by atoms with E-state index in [1.165, 1.54) is 11.6 Å². The van der Waals surface area contributed by atoms with Crippen molar-refractivity contribution in [2.45, 2.75) is 133 Å². The number of hydrogen-bond acceptors (Lipinski definition) is 10. The van der Waals surface area contributed by atoms with Crippen LogP contribution in [0.3, 0.4) is 0 Å². The summed E-state index contributed by atoms with van der Waals surface area (Å²) < 4.78 is 60.9. The molecule has 5 fully saturated rings. The summed E-state index contributed by atoms with van der Waals surface area (Å²) in [4.78, 5) is 31.7. The number of hydrogen-bond donors (Lipinski definition) is 2. The fraction of sp³-hybridized carbons (Fsp3) is 0.525. The monoisotopic (exact) mass is 1070 g/mol. The Morgan fingerprint density at radius 3 is 2.23 bits per heavy atom. The molecular weight excluding hydrogens is 997 g/mol. The highest BCUT2D eigenvalue weighted by Crippen LogP contribution is 2.63. The predicted molar refractivity (Wildman–Crippen MR) is 290 cm³/mol. The zero-order valence-electron chi connectivity index (χ0n) is 44.9. The molecule has 4 aromatic carbocycles. The third kappa shape index (κ3) is 9.15. The van der Waals surface area contributed by atoms with Gasteiger partial charge in [-0.05, 0) is 153 Å². The summed E-state index contributed by atoms with van der Waals surface area (Å²) in [6, 6.07) is 22.0. The molecule has 1 aliphatic carbocycles. The predicted octanol–water partition coefficient (Wildman–Crippen LogP) is 9.80. The molecule has 0 amide bonds. The van der Waals surface area contributed by atoms with Crippen LogP contribution in [0.25, 0.3) is 11.3 Å². The van der Waals surface area contributed by atoms with E-state index >= 15 is 13.6 Å². The summed E-state index contributed by atoms with van der Waals surface area (Å²) in [5.74, 6) is -1.81. The molecule has 2 bridgehead atoms. The fourth-order valence-corrected chi connectivity index (χ4v) is 15.4. The van der Waals surface area contributed by atoms with Gasteiger partial charge in [0.2, 0.25) is 0 Å². The quantitative estimate of drug-likeness (QED) is 0.105. The van der Waals surface area contributed by atoms with E-state index in [9.17, 15) is 4.39 Å². The molecule has 1 aromatic heterocycles. The van der Waals surface area contributed by atoms with E-state index in [0.29, 0.717) is 60.5 Å². The van der Waals surface area contributed by atoms with Crippen molar-refractivity contribution >= 4 is 29.0 Å². The molecule has 5 heterocycles. The summed E-state index contributed by atoms with van der Waals surface area (Å²) in [5.41, 5.74) is 2.15. The largest absolute Gasteiger partial charge is 0.457 e. The van der Waals surface area contributed by atoms with Crippen LogP contribution >= 0.6 is 23.2 Å². The highest BCUT2D eigenvalue weighted by atomic mass is 35.5. The highest BCUT2D eigenvalue weighted by molar-refractivity contribution is 6.31. The third-order valence-corrected chi connectivity index (χ3v) is 19.2. The number of carbonyl (C=O) groups is 1. The van der Waals surface area contributed by atoms with Gasteiger partial charge < -0.3 is 29.6 Å². The first-order chi connectivity index (χ1) is 35.8. The van der Waals surface area contributed by atoms with Crippen molar-refractivity contribution in [1.29, 1.82) is 0 Å². The van der Waals surface area contributed by atoms with Crippen LogP contribution in [0.2, 0.25) is 10.0 Å². The minimum absolute atomic E-state index is 0.0621. The number of nitrogens with zero attached hydrogens (tertiary/aromatic N) is 6. The number of benzene rings is 4. The highest BCUT2D eigenvalue weighted by Gasteiger charge is 2.77. The molecule has 16 heteroatoms. The zero-order chi connectivity index (χ0) is 53.4. The first kappa shape index (κ1) is 54.0. The van der Waals surface area contributed by atoms with Crippen LogP contribution in [0.4, 0.5) is 13.2 Å². The van der Waals surface area contributed by atoms with E-state index in [4.69, 9.17) is 32.7 Å². The number of imidazole rings is 1. The Kier molecular flexibility index (Phi) is 15.2. The minimum Gasteiger partial charge on any atom is -0.457 e. The van der Waals surface area contributed by atoms with Crippen molar-refractivity contribution in [1.82, 2.24) is 39.8 Å². The van der Waals surface area contributed by atoms with Gasteiger partial charge in [0, 0.05) is 102 Å². The van der Waals surface area contributed by atoms with Gasteiger partial charge in [-0.3, -0.25) is 19.5 Å². The molecule has 1 saturated carbocycles.